The van der Waals surface area contributed by atoms with Gasteiger partial charge in [0.2, 0.25) is 0 Å². The first-order valence-corrected chi connectivity index (χ1v) is 8.80. The molecule has 1 amide bonds. The van der Waals surface area contributed by atoms with Crippen LogP contribution in [-0.2, 0) is 0 Å². The Morgan fingerprint density at radius 3 is 2.56 bits per heavy atom. The highest BCUT2D eigenvalue weighted by atomic mass is 16.6. The third-order valence-electron chi connectivity index (χ3n) is 4.68. The summed E-state index contributed by atoms with van der Waals surface area (Å²) in [7, 11) is 0. The fourth-order valence-electron chi connectivity index (χ4n) is 3.16. The zero-order valence-corrected chi connectivity index (χ0v) is 15.3. The molecule has 1 aliphatic rings. The Labute approximate surface area is 149 Å². The second kappa shape index (κ2) is 8.14. The van der Waals surface area contributed by atoms with Gasteiger partial charge in [0.1, 0.15) is 0 Å². The Morgan fingerprint density at radius 1 is 1.40 bits per heavy atom. The molecule has 0 radical (unpaired) electrons. The lowest BCUT2D eigenvalue weighted by Crippen LogP contribution is -2.37. The summed E-state index contributed by atoms with van der Waals surface area (Å²) in [4.78, 5) is 27.6. The summed E-state index contributed by atoms with van der Waals surface area (Å²) in [5, 5.41) is 11.2. The van der Waals surface area contributed by atoms with Crippen LogP contribution in [0.5, 0.6) is 0 Å². The van der Waals surface area contributed by atoms with E-state index < -0.39 is 4.92 Å². The molecule has 136 valence electrons. The van der Waals surface area contributed by atoms with Gasteiger partial charge in [-0.05, 0) is 38.7 Å². The van der Waals surface area contributed by atoms with E-state index in [0.717, 1.165) is 37.2 Å². The van der Waals surface area contributed by atoms with Crippen LogP contribution in [0.2, 0.25) is 0 Å². The van der Waals surface area contributed by atoms with Gasteiger partial charge in [0, 0.05) is 38.3 Å². The number of anilines is 1. The van der Waals surface area contributed by atoms with E-state index in [-0.39, 0.29) is 11.6 Å². The van der Waals surface area contributed by atoms with E-state index in [9.17, 15) is 14.9 Å². The van der Waals surface area contributed by atoms with Gasteiger partial charge in [-0.2, -0.15) is 0 Å². The van der Waals surface area contributed by atoms with Crippen molar-refractivity contribution in [2.45, 2.75) is 33.6 Å². The Morgan fingerprint density at radius 2 is 2.04 bits per heavy atom. The van der Waals surface area contributed by atoms with Crippen molar-refractivity contribution in [3.63, 3.8) is 0 Å². The van der Waals surface area contributed by atoms with Crippen molar-refractivity contribution in [2.75, 3.05) is 31.1 Å². The number of nitro groups is 1. The van der Waals surface area contributed by atoms with E-state index in [2.05, 4.69) is 18.4 Å². The minimum Gasteiger partial charge on any atom is -0.371 e. The lowest BCUT2D eigenvalue weighted by molar-refractivity contribution is -0.384. The maximum absolute atomic E-state index is 13.0. The zero-order chi connectivity index (χ0) is 18.6. The van der Waals surface area contributed by atoms with Crippen LogP contribution in [-0.4, -0.2) is 41.9 Å². The second-order valence-electron chi connectivity index (χ2n) is 6.90. The number of benzene rings is 1. The lowest BCUT2D eigenvalue weighted by atomic mass is 9.97. The van der Waals surface area contributed by atoms with E-state index in [4.69, 9.17) is 0 Å². The molecule has 1 heterocycles. The Balaban J connectivity index is 2.41. The Kier molecular flexibility index (Phi) is 6.17. The smallest absolute Gasteiger partial charge is 0.270 e. The summed E-state index contributed by atoms with van der Waals surface area (Å²) in [6.45, 7) is 12.6. The van der Waals surface area contributed by atoms with E-state index in [1.807, 2.05) is 13.8 Å². The molecule has 0 atom stereocenters. The molecule has 0 unspecified atom stereocenters. The first kappa shape index (κ1) is 19.0. The van der Waals surface area contributed by atoms with Gasteiger partial charge in [-0.25, -0.2) is 0 Å². The van der Waals surface area contributed by atoms with E-state index >= 15 is 0 Å². The SMILES string of the molecule is C=C(C)CN(CC)C(=O)c1cc([N+](=O)[O-])ccc1N1CCC(C)CC1. The minimum atomic E-state index is -0.451. The predicted octanol–water partition coefficient (Wildman–Crippen LogP) is 3.87. The minimum absolute atomic E-state index is 0.0520. The highest BCUT2D eigenvalue weighted by Crippen LogP contribution is 2.30. The average molecular weight is 345 g/mol. The van der Waals surface area contributed by atoms with E-state index in [1.165, 1.54) is 12.1 Å². The van der Waals surface area contributed by atoms with Crippen molar-refractivity contribution < 1.29 is 9.72 Å². The number of amides is 1. The van der Waals surface area contributed by atoms with Crippen LogP contribution in [0.4, 0.5) is 11.4 Å². The molecule has 25 heavy (non-hydrogen) atoms. The van der Waals surface area contributed by atoms with Crippen LogP contribution < -0.4 is 4.90 Å². The van der Waals surface area contributed by atoms with Gasteiger partial charge in [0.05, 0.1) is 16.2 Å². The molecule has 0 bridgehead atoms. The van der Waals surface area contributed by atoms with Crippen LogP contribution >= 0.6 is 0 Å². The van der Waals surface area contributed by atoms with Gasteiger partial charge < -0.3 is 9.80 Å². The topological polar surface area (TPSA) is 66.7 Å². The first-order chi connectivity index (χ1) is 11.8. The predicted molar refractivity (Wildman–Crippen MR) is 100 cm³/mol. The molecule has 1 saturated heterocycles. The standard InChI is InChI=1S/C19H27N3O3/c1-5-20(13-14(2)3)19(23)17-12-16(22(24)25)6-7-18(17)21-10-8-15(4)9-11-21/h6-7,12,15H,2,5,8-11,13H2,1,3-4H3. The fraction of sp³-hybridized carbons (Fsp3) is 0.526. The summed E-state index contributed by atoms with van der Waals surface area (Å²) >= 11 is 0. The molecule has 2 rings (SSSR count). The molecule has 0 aromatic heterocycles. The number of hydrogen-bond donors (Lipinski definition) is 0. The normalized spacial score (nSPS) is 15.1. The largest absolute Gasteiger partial charge is 0.371 e. The van der Waals surface area contributed by atoms with Crippen LogP contribution in [0.1, 0.15) is 44.0 Å². The van der Waals surface area contributed by atoms with Crippen molar-refractivity contribution in [2.24, 2.45) is 5.92 Å². The van der Waals surface area contributed by atoms with Crippen LogP contribution in [0, 0.1) is 16.0 Å². The van der Waals surface area contributed by atoms with Crippen molar-refractivity contribution in [1.29, 1.82) is 0 Å². The first-order valence-electron chi connectivity index (χ1n) is 8.80. The summed E-state index contributed by atoms with van der Waals surface area (Å²) in [6.07, 6.45) is 2.13. The lowest BCUT2D eigenvalue weighted by Gasteiger charge is -2.34. The fourth-order valence-corrected chi connectivity index (χ4v) is 3.16. The third kappa shape index (κ3) is 4.59. The monoisotopic (exact) mass is 345 g/mol. The number of rotatable bonds is 6. The molecule has 6 heteroatoms. The molecule has 1 fully saturated rings. The number of hydrogen-bond acceptors (Lipinski definition) is 4. The zero-order valence-electron chi connectivity index (χ0n) is 15.3. The maximum Gasteiger partial charge on any atom is 0.270 e. The molecular formula is C19H27N3O3. The van der Waals surface area contributed by atoms with Gasteiger partial charge in [-0.1, -0.05) is 19.1 Å². The maximum atomic E-state index is 13.0. The molecule has 0 saturated carbocycles. The van der Waals surface area contributed by atoms with Gasteiger partial charge in [-0.3, -0.25) is 14.9 Å². The molecule has 6 nitrogen and oxygen atoms in total. The van der Waals surface area contributed by atoms with Gasteiger partial charge >= 0.3 is 0 Å². The highest BCUT2D eigenvalue weighted by Gasteiger charge is 2.25. The average Bonchev–Trinajstić information content (AvgIpc) is 2.59. The van der Waals surface area contributed by atoms with Crippen molar-refractivity contribution in [3.05, 3.63) is 46.0 Å². The number of piperidine rings is 1. The molecule has 1 aromatic carbocycles. The van der Waals surface area contributed by atoms with Gasteiger partial charge in [-0.15, -0.1) is 0 Å². The molecule has 1 aromatic rings. The summed E-state index contributed by atoms with van der Waals surface area (Å²) < 4.78 is 0. The van der Waals surface area contributed by atoms with Crippen molar-refractivity contribution in [1.82, 2.24) is 4.90 Å². The number of carbonyl (C=O) groups excluding carboxylic acids is 1. The number of nitrogens with zero attached hydrogens (tertiary/aromatic N) is 3. The molecule has 1 aliphatic heterocycles. The number of nitro benzene ring substituents is 1. The molecule has 0 N–H and O–H groups in total. The number of carbonyl (C=O) groups is 1. The highest BCUT2D eigenvalue weighted by molar-refractivity contribution is 6.00. The van der Waals surface area contributed by atoms with Crippen molar-refractivity contribution in [3.8, 4) is 0 Å². The Bertz CT molecular complexity index is 664. The van der Waals surface area contributed by atoms with Gasteiger partial charge in [0.15, 0.2) is 0 Å². The van der Waals surface area contributed by atoms with Crippen LogP contribution in [0.3, 0.4) is 0 Å². The van der Waals surface area contributed by atoms with Crippen LogP contribution in [0.25, 0.3) is 0 Å². The molecular weight excluding hydrogens is 318 g/mol. The third-order valence-corrected chi connectivity index (χ3v) is 4.68. The molecule has 0 aliphatic carbocycles. The quantitative estimate of drug-likeness (QED) is 0.446. The number of non-ortho nitro benzene ring substituents is 1. The van der Waals surface area contributed by atoms with Gasteiger partial charge in [0.25, 0.3) is 11.6 Å². The van der Waals surface area contributed by atoms with E-state index in [1.54, 1.807) is 11.0 Å². The summed E-state index contributed by atoms with van der Waals surface area (Å²) in [5.41, 5.74) is 2.03. The number of likely N-dealkylation sites (N-methyl/N-ethyl adjacent to an activating group) is 1. The van der Waals surface area contributed by atoms with Crippen LogP contribution in [0.15, 0.2) is 30.4 Å². The summed E-state index contributed by atoms with van der Waals surface area (Å²) in [5.74, 6) is 0.492. The van der Waals surface area contributed by atoms with Crippen molar-refractivity contribution >= 4 is 17.3 Å². The van der Waals surface area contributed by atoms with E-state index in [0.29, 0.717) is 24.6 Å². The molecule has 0 spiro atoms. The second-order valence-corrected chi connectivity index (χ2v) is 6.90. The Hall–Kier alpha value is -2.37. The summed E-state index contributed by atoms with van der Waals surface area (Å²) in [6, 6.07) is 4.62.